The van der Waals surface area contributed by atoms with Gasteiger partial charge in [0, 0.05) is 17.0 Å². The van der Waals surface area contributed by atoms with E-state index in [1.54, 1.807) is 43.3 Å². The third kappa shape index (κ3) is 7.24. The second-order valence-electron chi connectivity index (χ2n) is 11.0. The number of aliphatic hydroxyl groups excluding tert-OH is 4. The van der Waals surface area contributed by atoms with E-state index in [0.29, 0.717) is 16.3 Å². The van der Waals surface area contributed by atoms with Crippen LogP contribution in [-0.4, -0.2) is 94.8 Å². The summed E-state index contributed by atoms with van der Waals surface area (Å²) in [6.07, 6.45) is -5.07. The summed E-state index contributed by atoms with van der Waals surface area (Å²) in [5.41, 5.74) is 1.24. The smallest absolute Gasteiger partial charge is 0.247 e. The van der Waals surface area contributed by atoms with Gasteiger partial charge in [-0.05, 0) is 67.5 Å². The summed E-state index contributed by atoms with van der Waals surface area (Å²) >= 11 is 5.97. The highest BCUT2D eigenvalue weighted by Gasteiger charge is 2.53. The van der Waals surface area contributed by atoms with Gasteiger partial charge in [0.05, 0.1) is 12.1 Å². The maximum atomic E-state index is 15.0. The Morgan fingerprint density at radius 3 is 2.55 bits per heavy atom. The van der Waals surface area contributed by atoms with Gasteiger partial charge < -0.3 is 49.4 Å². The minimum Gasteiger partial charge on any atom is -0.489 e. The van der Waals surface area contributed by atoms with Crippen molar-refractivity contribution in [3.05, 3.63) is 76.1 Å². The Morgan fingerprint density at radius 2 is 1.82 bits per heavy atom. The van der Waals surface area contributed by atoms with Gasteiger partial charge in [0.25, 0.3) is 0 Å². The second-order valence-corrected chi connectivity index (χ2v) is 11.4. The van der Waals surface area contributed by atoms with Crippen molar-refractivity contribution in [2.75, 3.05) is 13.4 Å². The van der Waals surface area contributed by atoms with Crippen molar-refractivity contribution in [1.29, 1.82) is 0 Å². The summed E-state index contributed by atoms with van der Waals surface area (Å²) in [6.45, 7) is 3.37. The molecule has 1 amide bonds. The lowest BCUT2D eigenvalue weighted by Crippen LogP contribution is -2.67. The Labute approximate surface area is 258 Å². The number of carbonyl (C=O) groups excluding carboxylic acids is 1. The van der Waals surface area contributed by atoms with Crippen molar-refractivity contribution in [2.45, 2.75) is 75.3 Å². The third-order valence-corrected chi connectivity index (χ3v) is 8.07. The number of carbonyl (C=O) groups is 1. The fourth-order valence-corrected chi connectivity index (χ4v) is 5.62. The van der Waals surface area contributed by atoms with E-state index in [1.807, 2.05) is 0 Å². The number of fused-ring (bicyclic) bond motifs is 1. The molecule has 1 saturated carbocycles. The van der Waals surface area contributed by atoms with Gasteiger partial charge >= 0.3 is 0 Å². The Morgan fingerprint density at radius 1 is 1.07 bits per heavy atom. The number of hydrogen-bond donors (Lipinski definition) is 5. The van der Waals surface area contributed by atoms with E-state index in [1.165, 1.54) is 25.1 Å². The van der Waals surface area contributed by atoms with Crippen molar-refractivity contribution in [1.82, 2.24) is 5.32 Å². The molecule has 2 saturated heterocycles. The Bertz CT molecular complexity index is 1410. The molecule has 3 aliphatic rings. The maximum absolute atomic E-state index is 15.0. The minimum atomic E-state index is -1.49. The highest BCUT2D eigenvalue weighted by molar-refractivity contribution is 6.30. The summed E-state index contributed by atoms with van der Waals surface area (Å²) in [4.78, 5) is 12.8. The van der Waals surface area contributed by atoms with Crippen LogP contribution in [0, 0.1) is 5.82 Å². The average Bonchev–Trinajstić information content (AvgIpc) is 3.62. The quantitative estimate of drug-likeness (QED) is 0.204. The van der Waals surface area contributed by atoms with E-state index < -0.39 is 66.8 Å². The lowest BCUT2D eigenvalue weighted by molar-refractivity contribution is -0.155. The zero-order chi connectivity index (χ0) is 31.5. The van der Waals surface area contributed by atoms with Crippen molar-refractivity contribution >= 4 is 23.6 Å². The molecule has 0 spiro atoms. The maximum Gasteiger partial charge on any atom is 0.247 e. The zero-order valence-corrected chi connectivity index (χ0v) is 24.8. The van der Waals surface area contributed by atoms with E-state index in [9.17, 15) is 29.6 Å². The van der Waals surface area contributed by atoms with Crippen LogP contribution < -0.4 is 14.8 Å². The lowest BCUT2D eigenvalue weighted by Gasteiger charge is -2.41. The highest BCUT2D eigenvalue weighted by atomic mass is 35.5. The highest BCUT2D eigenvalue weighted by Crippen LogP contribution is 2.31. The number of amides is 1. The largest absolute Gasteiger partial charge is 0.489 e. The second kappa shape index (κ2) is 13.9. The van der Waals surface area contributed by atoms with E-state index in [4.69, 9.17) is 35.3 Å². The fraction of sp³-hybridized carbons (Fsp3) is 0.452. The number of aliphatic hydroxyl groups is 4. The van der Waals surface area contributed by atoms with Crippen molar-refractivity contribution < 1.29 is 53.3 Å². The van der Waals surface area contributed by atoms with Gasteiger partial charge in [0.15, 0.2) is 11.6 Å². The monoisotopic (exact) mass is 635 g/mol. The fourth-order valence-electron chi connectivity index (χ4n) is 5.44. The summed E-state index contributed by atoms with van der Waals surface area (Å²) in [5.74, 6) is -0.834. The summed E-state index contributed by atoms with van der Waals surface area (Å²) in [7, 11) is 0. The standard InChI is InChI=1S/C31H35ClFNO10/c1-15(8-9-40-19-5-3-4-18(32)12-19)28-21(35)13-23(44-28)43-22-7-6-17(11-20(22)33)10-16(2)31(39)34-24-25(36)27(38)30-29(26(24)37)41-14-42-30/h3-8,10-12,21,23-30,35-38H,9,13-14H2,1-2H3,(H,34,39)/t21-,23+,24+,25-,26+,27+,28+,29-,30+/m0/s1. The molecule has 0 unspecified atom stereocenters. The van der Waals surface area contributed by atoms with Gasteiger partial charge in [-0.1, -0.05) is 23.7 Å². The number of halogens is 2. The van der Waals surface area contributed by atoms with Crippen LogP contribution in [-0.2, 0) is 19.0 Å². The van der Waals surface area contributed by atoms with Crippen molar-refractivity contribution in [3.8, 4) is 11.5 Å². The molecule has 2 aromatic rings. The van der Waals surface area contributed by atoms with Crippen LogP contribution in [0.3, 0.4) is 0 Å². The number of rotatable bonds is 9. The normalized spacial score (nSPS) is 32.3. The molecule has 13 heteroatoms. The number of benzene rings is 2. The minimum absolute atomic E-state index is 0.0937. The first-order valence-corrected chi connectivity index (χ1v) is 14.5. The average molecular weight is 636 g/mol. The molecule has 1 aliphatic carbocycles. The molecule has 5 N–H and O–H groups in total. The van der Waals surface area contributed by atoms with Gasteiger partial charge in [0.1, 0.15) is 55.8 Å². The Hall–Kier alpha value is -3.07. The van der Waals surface area contributed by atoms with Crippen LogP contribution in [0.2, 0.25) is 5.02 Å². The van der Waals surface area contributed by atoms with Gasteiger partial charge in [-0.3, -0.25) is 4.79 Å². The molecule has 238 valence electrons. The topological polar surface area (TPSA) is 156 Å². The molecule has 5 rings (SSSR count). The molecular weight excluding hydrogens is 601 g/mol. The SMILES string of the molecule is CC(=Cc1ccc(O[C@H]2C[C@H](O)[C@@H](C(C)=CCOc3cccc(Cl)c3)O2)c(F)c1)C(=O)N[C@@H]1[C@H](O)[C@@H](O)[C@H]2OCO[C@H]2[C@@H]1O. The molecule has 2 heterocycles. The summed E-state index contributed by atoms with van der Waals surface area (Å²) in [6, 6.07) is 9.88. The predicted molar refractivity (Wildman–Crippen MR) is 155 cm³/mol. The van der Waals surface area contributed by atoms with Gasteiger partial charge in [-0.25, -0.2) is 4.39 Å². The van der Waals surface area contributed by atoms with Crippen LogP contribution in [0.25, 0.3) is 6.08 Å². The molecule has 2 aromatic carbocycles. The van der Waals surface area contributed by atoms with Crippen LogP contribution in [0.4, 0.5) is 4.39 Å². The molecule has 11 nitrogen and oxygen atoms in total. The molecular formula is C31H35ClFNO10. The molecule has 9 atom stereocenters. The van der Waals surface area contributed by atoms with E-state index in [-0.39, 0.29) is 31.1 Å². The lowest BCUT2D eigenvalue weighted by atomic mass is 9.83. The van der Waals surface area contributed by atoms with E-state index in [0.717, 1.165) is 5.57 Å². The van der Waals surface area contributed by atoms with Crippen LogP contribution in [0.15, 0.2) is 59.7 Å². The van der Waals surface area contributed by atoms with Crippen LogP contribution >= 0.6 is 11.6 Å². The van der Waals surface area contributed by atoms with E-state index in [2.05, 4.69) is 5.32 Å². The van der Waals surface area contributed by atoms with Crippen molar-refractivity contribution in [3.63, 3.8) is 0 Å². The third-order valence-electron chi connectivity index (χ3n) is 7.84. The molecule has 44 heavy (non-hydrogen) atoms. The van der Waals surface area contributed by atoms with Gasteiger partial charge in [0.2, 0.25) is 12.2 Å². The summed E-state index contributed by atoms with van der Waals surface area (Å²) in [5, 5.41) is 44.9. The summed E-state index contributed by atoms with van der Waals surface area (Å²) < 4.78 is 42.7. The molecule has 0 aromatic heterocycles. The molecule has 0 radical (unpaired) electrons. The zero-order valence-electron chi connectivity index (χ0n) is 24.0. The Balaban J connectivity index is 1.15. The number of hydrogen-bond acceptors (Lipinski definition) is 10. The van der Waals surface area contributed by atoms with Gasteiger partial charge in [-0.2, -0.15) is 0 Å². The van der Waals surface area contributed by atoms with Crippen molar-refractivity contribution in [2.24, 2.45) is 0 Å². The first kappa shape index (κ1) is 32.3. The Kier molecular flexibility index (Phi) is 10.2. The van der Waals surface area contributed by atoms with Crippen LogP contribution in [0.1, 0.15) is 25.8 Å². The molecule has 3 fully saturated rings. The first-order valence-electron chi connectivity index (χ1n) is 14.1. The van der Waals surface area contributed by atoms with Crippen LogP contribution in [0.5, 0.6) is 11.5 Å². The van der Waals surface area contributed by atoms with E-state index >= 15 is 0 Å². The number of nitrogens with one attached hydrogen (secondary N) is 1. The van der Waals surface area contributed by atoms with Gasteiger partial charge in [-0.15, -0.1) is 0 Å². The predicted octanol–water partition coefficient (Wildman–Crippen LogP) is 2.09. The number of ether oxygens (including phenoxy) is 5. The molecule has 2 aliphatic heterocycles. The first-order chi connectivity index (χ1) is 21.0. The molecule has 0 bridgehead atoms.